The summed E-state index contributed by atoms with van der Waals surface area (Å²) in [6.45, 7) is 1.82. The molecule has 0 aliphatic carbocycles. The zero-order chi connectivity index (χ0) is 17.1. The second-order valence-corrected chi connectivity index (χ2v) is 5.54. The third-order valence-corrected chi connectivity index (χ3v) is 3.96. The lowest BCUT2D eigenvalue weighted by atomic mass is 9.99. The van der Waals surface area contributed by atoms with E-state index in [2.05, 4.69) is 16.3 Å². The van der Waals surface area contributed by atoms with E-state index in [4.69, 9.17) is 5.26 Å². The molecule has 1 heterocycles. The van der Waals surface area contributed by atoms with Gasteiger partial charge in [-0.15, -0.1) is 0 Å². The first-order chi connectivity index (χ1) is 11.6. The highest BCUT2D eigenvalue weighted by atomic mass is 16.4. The number of aryl methyl sites for hydroxylation is 1. The maximum atomic E-state index is 11.2. The predicted octanol–water partition coefficient (Wildman–Crippen LogP) is 3.55. The van der Waals surface area contributed by atoms with Crippen LogP contribution in [0.4, 0.5) is 0 Å². The minimum atomic E-state index is -1.02. The number of aromatic amines is 1. The van der Waals surface area contributed by atoms with Gasteiger partial charge in [0.15, 0.2) is 5.69 Å². The molecule has 0 spiro atoms. The Hall–Kier alpha value is -3.39. The van der Waals surface area contributed by atoms with Gasteiger partial charge in [0, 0.05) is 17.7 Å². The Bertz CT molecular complexity index is 917. The fraction of sp³-hybridized carbons (Fsp3) is 0.105. The molecule has 0 aliphatic heterocycles. The van der Waals surface area contributed by atoms with Gasteiger partial charge >= 0.3 is 5.97 Å². The third kappa shape index (κ3) is 3.03. The summed E-state index contributed by atoms with van der Waals surface area (Å²) in [6, 6.07) is 17.4. The van der Waals surface area contributed by atoms with E-state index in [0.29, 0.717) is 17.5 Å². The average Bonchev–Trinajstić information content (AvgIpc) is 2.97. The molecule has 0 saturated heterocycles. The number of hydrogen-bond donors (Lipinski definition) is 2. The van der Waals surface area contributed by atoms with E-state index >= 15 is 0 Å². The van der Waals surface area contributed by atoms with Crippen LogP contribution in [0.2, 0.25) is 0 Å². The van der Waals surface area contributed by atoms with Crippen LogP contribution >= 0.6 is 0 Å². The molecule has 0 amide bonds. The molecule has 1 aromatic heterocycles. The predicted molar refractivity (Wildman–Crippen MR) is 89.7 cm³/mol. The molecule has 0 radical (unpaired) electrons. The second-order valence-electron chi connectivity index (χ2n) is 5.54. The van der Waals surface area contributed by atoms with Crippen molar-refractivity contribution in [3.8, 4) is 17.2 Å². The second kappa shape index (κ2) is 6.39. The minimum Gasteiger partial charge on any atom is -0.476 e. The van der Waals surface area contributed by atoms with Gasteiger partial charge in [0.25, 0.3) is 0 Å². The fourth-order valence-electron chi connectivity index (χ4n) is 2.60. The Labute approximate surface area is 139 Å². The van der Waals surface area contributed by atoms with Crippen LogP contribution in [0.25, 0.3) is 11.1 Å². The van der Waals surface area contributed by atoms with Gasteiger partial charge < -0.3 is 5.11 Å². The van der Waals surface area contributed by atoms with Crippen LogP contribution in [0.15, 0.2) is 48.5 Å². The van der Waals surface area contributed by atoms with Crippen molar-refractivity contribution in [1.29, 1.82) is 5.26 Å². The number of benzene rings is 2. The molecule has 3 rings (SSSR count). The standard InChI is InChI=1S/C19H15N3O2/c1-12-17(18(19(23)24)22-21-12)10-13-2-6-15(7-3-13)16-8-4-14(11-20)5-9-16/h2-9H,10H2,1H3,(H,21,22)(H,23,24). The smallest absolute Gasteiger partial charge is 0.356 e. The number of H-pyrrole nitrogens is 1. The van der Waals surface area contributed by atoms with Gasteiger partial charge in [-0.05, 0) is 35.7 Å². The van der Waals surface area contributed by atoms with Gasteiger partial charge in [-0.3, -0.25) is 5.10 Å². The van der Waals surface area contributed by atoms with E-state index in [0.717, 1.165) is 22.4 Å². The van der Waals surface area contributed by atoms with Gasteiger partial charge in [0.1, 0.15) is 0 Å². The van der Waals surface area contributed by atoms with E-state index in [1.54, 1.807) is 12.1 Å². The van der Waals surface area contributed by atoms with Crippen LogP contribution in [0.3, 0.4) is 0 Å². The first-order valence-corrected chi connectivity index (χ1v) is 7.45. The molecule has 0 fully saturated rings. The Morgan fingerprint density at radius 2 is 1.71 bits per heavy atom. The number of nitrogens with zero attached hydrogens (tertiary/aromatic N) is 2. The molecule has 0 unspecified atom stereocenters. The van der Waals surface area contributed by atoms with Crippen molar-refractivity contribution in [2.45, 2.75) is 13.3 Å². The number of carbonyl (C=O) groups is 1. The summed E-state index contributed by atoms with van der Waals surface area (Å²) in [5.74, 6) is -1.02. The highest BCUT2D eigenvalue weighted by Crippen LogP contribution is 2.22. The SMILES string of the molecule is Cc1[nH]nc(C(=O)O)c1Cc1ccc(-c2ccc(C#N)cc2)cc1. The highest BCUT2D eigenvalue weighted by molar-refractivity contribution is 5.87. The monoisotopic (exact) mass is 317 g/mol. The maximum Gasteiger partial charge on any atom is 0.356 e. The molecule has 0 saturated carbocycles. The van der Waals surface area contributed by atoms with E-state index < -0.39 is 5.97 Å². The van der Waals surface area contributed by atoms with Gasteiger partial charge in [-0.1, -0.05) is 36.4 Å². The number of rotatable bonds is 4. The van der Waals surface area contributed by atoms with Crippen LogP contribution in [-0.2, 0) is 6.42 Å². The maximum absolute atomic E-state index is 11.2. The van der Waals surface area contributed by atoms with Crippen molar-refractivity contribution < 1.29 is 9.90 Å². The van der Waals surface area contributed by atoms with Gasteiger partial charge in [-0.25, -0.2) is 4.79 Å². The normalized spacial score (nSPS) is 10.3. The number of carboxylic acids is 1. The summed E-state index contributed by atoms with van der Waals surface area (Å²) in [7, 11) is 0. The number of aromatic nitrogens is 2. The molecule has 0 aliphatic rings. The first kappa shape index (κ1) is 15.5. The number of hydrogen-bond acceptors (Lipinski definition) is 3. The van der Waals surface area contributed by atoms with Crippen molar-refractivity contribution in [3.05, 3.63) is 76.6 Å². The largest absolute Gasteiger partial charge is 0.476 e. The topological polar surface area (TPSA) is 89.8 Å². The molecule has 0 atom stereocenters. The molecule has 2 N–H and O–H groups in total. The van der Waals surface area contributed by atoms with Crippen molar-refractivity contribution >= 4 is 5.97 Å². The molecule has 118 valence electrons. The summed E-state index contributed by atoms with van der Waals surface area (Å²) in [6.07, 6.45) is 0.512. The lowest BCUT2D eigenvalue weighted by Crippen LogP contribution is -2.02. The lowest BCUT2D eigenvalue weighted by Gasteiger charge is -2.05. The average molecular weight is 317 g/mol. The molecule has 0 bridgehead atoms. The summed E-state index contributed by atoms with van der Waals surface area (Å²) >= 11 is 0. The molecular weight excluding hydrogens is 302 g/mol. The fourth-order valence-corrected chi connectivity index (χ4v) is 2.60. The molecule has 24 heavy (non-hydrogen) atoms. The summed E-state index contributed by atoms with van der Waals surface area (Å²) < 4.78 is 0. The van der Waals surface area contributed by atoms with Crippen molar-refractivity contribution in [3.63, 3.8) is 0 Å². The van der Waals surface area contributed by atoms with Crippen LogP contribution in [0, 0.1) is 18.3 Å². The minimum absolute atomic E-state index is 0.0728. The Balaban J connectivity index is 1.84. The molecule has 5 nitrogen and oxygen atoms in total. The Morgan fingerprint density at radius 3 is 2.25 bits per heavy atom. The number of carboxylic acid groups (broad SMARTS) is 1. The van der Waals surface area contributed by atoms with Crippen molar-refractivity contribution in [1.82, 2.24) is 10.2 Å². The molecular formula is C19H15N3O2. The zero-order valence-electron chi connectivity index (χ0n) is 13.1. The molecule has 2 aromatic carbocycles. The van der Waals surface area contributed by atoms with Crippen LogP contribution in [0.1, 0.15) is 32.9 Å². The molecule has 5 heteroatoms. The summed E-state index contributed by atoms with van der Waals surface area (Å²) in [5, 5.41) is 24.6. The Morgan fingerprint density at radius 1 is 1.12 bits per heavy atom. The third-order valence-electron chi connectivity index (χ3n) is 3.96. The van der Waals surface area contributed by atoms with E-state index in [9.17, 15) is 9.90 Å². The lowest BCUT2D eigenvalue weighted by molar-refractivity contribution is 0.0689. The number of aromatic carboxylic acids is 1. The summed E-state index contributed by atoms with van der Waals surface area (Å²) in [5.41, 5.74) is 5.27. The van der Waals surface area contributed by atoms with E-state index in [1.165, 1.54) is 0 Å². The van der Waals surface area contributed by atoms with E-state index in [1.807, 2.05) is 43.3 Å². The van der Waals surface area contributed by atoms with E-state index in [-0.39, 0.29) is 5.69 Å². The van der Waals surface area contributed by atoms with Crippen molar-refractivity contribution in [2.75, 3.05) is 0 Å². The Kier molecular flexibility index (Phi) is 4.13. The molecule has 3 aromatic rings. The van der Waals surface area contributed by atoms with Crippen LogP contribution in [0.5, 0.6) is 0 Å². The first-order valence-electron chi connectivity index (χ1n) is 7.45. The number of nitriles is 1. The van der Waals surface area contributed by atoms with Crippen molar-refractivity contribution in [2.24, 2.45) is 0 Å². The van der Waals surface area contributed by atoms with Crippen LogP contribution in [-0.4, -0.2) is 21.3 Å². The van der Waals surface area contributed by atoms with Gasteiger partial charge in [-0.2, -0.15) is 10.4 Å². The van der Waals surface area contributed by atoms with Gasteiger partial charge in [0.05, 0.1) is 11.6 Å². The quantitative estimate of drug-likeness (QED) is 0.770. The highest BCUT2D eigenvalue weighted by Gasteiger charge is 2.16. The number of nitrogens with one attached hydrogen (secondary N) is 1. The van der Waals surface area contributed by atoms with Crippen LogP contribution < -0.4 is 0 Å². The zero-order valence-corrected chi connectivity index (χ0v) is 13.1. The van der Waals surface area contributed by atoms with Gasteiger partial charge in [0.2, 0.25) is 0 Å². The summed E-state index contributed by atoms with van der Waals surface area (Å²) in [4.78, 5) is 11.2.